The van der Waals surface area contributed by atoms with Gasteiger partial charge in [0.2, 0.25) is 11.8 Å². The van der Waals surface area contributed by atoms with Crippen molar-refractivity contribution in [3.63, 3.8) is 0 Å². The van der Waals surface area contributed by atoms with Crippen LogP contribution in [0.25, 0.3) is 0 Å². The number of piperidine rings is 1. The molecule has 1 fully saturated rings. The summed E-state index contributed by atoms with van der Waals surface area (Å²) in [6.45, 7) is 4.71. The number of amides is 2. The number of halogens is 1. The lowest BCUT2D eigenvalue weighted by Gasteiger charge is -2.31. The number of hydrogen-bond donors (Lipinski definition) is 2. The van der Waals surface area contributed by atoms with Gasteiger partial charge in [-0.15, -0.1) is 0 Å². The van der Waals surface area contributed by atoms with Crippen molar-refractivity contribution in [1.29, 1.82) is 0 Å². The van der Waals surface area contributed by atoms with Gasteiger partial charge in [0, 0.05) is 31.1 Å². The van der Waals surface area contributed by atoms with E-state index in [4.69, 9.17) is 15.2 Å². The lowest BCUT2D eigenvalue weighted by atomic mass is 9.92. The van der Waals surface area contributed by atoms with Crippen LogP contribution in [-0.4, -0.2) is 55.5 Å². The number of hydrogen-bond acceptors (Lipinski definition) is 9. The maximum Gasteiger partial charge on any atom is 0.355 e. The van der Waals surface area contributed by atoms with E-state index in [0.29, 0.717) is 31.1 Å². The normalized spacial score (nSPS) is 14.3. The Morgan fingerprint density at radius 2 is 1.94 bits per heavy atom. The second kappa shape index (κ2) is 10.8. The molecule has 0 spiro atoms. The molecule has 12 heteroatoms. The minimum atomic E-state index is -0.880. The predicted molar refractivity (Wildman–Crippen MR) is 126 cm³/mol. The third-order valence-electron chi connectivity index (χ3n) is 5.69. The van der Waals surface area contributed by atoms with Gasteiger partial charge in [0.25, 0.3) is 0 Å². The van der Waals surface area contributed by atoms with Crippen LogP contribution in [0.15, 0.2) is 24.4 Å². The summed E-state index contributed by atoms with van der Waals surface area (Å²) >= 11 is 1.10. The molecule has 2 amide bonds. The number of aromatic nitrogens is 1. The summed E-state index contributed by atoms with van der Waals surface area (Å²) in [5.41, 5.74) is 4.26. The van der Waals surface area contributed by atoms with Gasteiger partial charge in [-0.25, -0.2) is 14.2 Å². The molecule has 0 radical (unpaired) electrons. The molecule has 0 bridgehead atoms. The SMILES string of the molecule is COC(=O)C(C)(C)CNC(=O)C1CCN(c2ncc(C(=O)Oc3ccc(C(N)=O)cc3F)s2)CC1. The highest BCUT2D eigenvalue weighted by Gasteiger charge is 2.32. The van der Waals surface area contributed by atoms with E-state index in [-0.39, 0.29) is 34.6 Å². The second-order valence-corrected chi connectivity index (χ2v) is 9.77. The highest BCUT2D eigenvalue weighted by Crippen LogP contribution is 2.29. The molecule has 0 atom stereocenters. The number of nitrogens with one attached hydrogen (secondary N) is 1. The standard InChI is InChI=1S/C23H27FN4O6S/c1-23(2,21(32)33-3)12-27-19(30)13-6-8-28(9-7-13)22-26-11-17(35-22)20(31)34-16-5-4-14(18(25)29)10-15(16)24/h4-5,10-11,13H,6-9,12H2,1-3H3,(H2,25,29)(H,27,30). The molecule has 2 aromatic rings. The number of thiazole rings is 1. The highest BCUT2D eigenvalue weighted by molar-refractivity contribution is 7.17. The van der Waals surface area contributed by atoms with E-state index in [2.05, 4.69) is 10.3 Å². The Bertz CT molecular complexity index is 1130. The van der Waals surface area contributed by atoms with Crippen LogP contribution in [0.5, 0.6) is 5.75 Å². The van der Waals surface area contributed by atoms with Crippen LogP contribution >= 0.6 is 11.3 Å². The summed E-state index contributed by atoms with van der Waals surface area (Å²) in [5, 5.41) is 3.42. The number of nitrogens with two attached hydrogens (primary N) is 1. The fourth-order valence-corrected chi connectivity index (χ4v) is 4.37. The average Bonchev–Trinajstić information content (AvgIpc) is 3.33. The van der Waals surface area contributed by atoms with E-state index in [1.807, 2.05) is 4.90 Å². The molecule has 3 rings (SSSR count). The molecule has 0 saturated carbocycles. The zero-order valence-electron chi connectivity index (χ0n) is 19.6. The first-order chi connectivity index (χ1) is 16.5. The minimum absolute atomic E-state index is 0.0355. The summed E-state index contributed by atoms with van der Waals surface area (Å²) in [5.74, 6) is -3.48. The Kier molecular flexibility index (Phi) is 8.05. The number of primary amides is 1. The van der Waals surface area contributed by atoms with E-state index in [9.17, 15) is 23.6 Å². The Morgan fingerprint density at radius 1 is 1.26 bits per heavy atom. The van der Waals surface area contributed by atoms with Crippen molar-refractivity contribution in [3.05, 3.63) is 40.7 Å². The van der Waals surface area contributed by atoms with Gasteiger partial charge >= 0.3 is 11.9 Å². The van der Waals surface area contributed by atoms with Gasteiger partial charge in [0.05, 0.1) is 18.7 Å². The number of carbonyl (C=O) groups excluding carboxylic acids is 4. The van der Waals surface area contributed by atoms with Crippen molar-refractivity contribution in [2.24, 2.45) is 17.1 Å². The van der Waals surface area contributed by atoms with Crippen LogP contribution < -0.4 is 20.7 Å². The summed E-state index contributed by atoms with van der Waals surface area (Å²) in [6, 6.07) is 3.33. The van der Waals surface area contributed by atoms with E-state index in [1.165, 1.54) is 19.4 Å². The monoisotopic (exact) mass is 506 g/mol. The fraction of sp³-hybridized carbons (Fsp3) is 0.435. The molecule has 188 valence electrons. The van der Waals surface area contributed by atoms with Crippen LogP contribution in [0.1, 0.15) is 46.7 Å². The van der Waals surface area contributed by atoms with E-state index >= 15 is 0 Å². The first-order valence-corrected chi connectivity index (χ1v) is 11.7. The summed E-state index contributed by atoms with van der Waals surface area (Å²) in [6.07, 6.45) is 2.52. The lowest BCUT2D eigenvalue weighted by Crippen LogP contribution is -2.45. The molecule has 1 aromatic heterocycles. The molecule has 1 aliphatic heterocycles. The van der Waals surface area contributed by atoms with Crippen molar-refractivity contribution < 1.29 is 33.0 Å². The molecule has 1 aliphatic rings. The van der Waals surface area contributed by atoms with Crippen LogP contribution in [0, 0.1) is 17.2 Å². The number of ether oxygens (including phenoxy) is 2. The molecular weight excluding hydrogens is 479 g/mol. The van der Waals surface area contributed by atoms with Crippen LogP contribution in [0.4, 0.5) is 9.52 Å². The van der Waals surface area contributed by atoms with Gasteiger partial charge in [0.15, 0.2) is 16.7 Å². The number of esters is 2. The van der Waals surface area contributed by atoms with Gasteiger partial charge in [-0.05, 0) is 44.9 Å². The van der Waals surface area contributed by atoms with E-state index < -0.39 is 29.1 Å². The highest BCUT2D eigenvalue weighted by atomic mass is 32.1. The van der Waals surface area contributed by atoms with Crippen LogP contribution in [-0.2, 0) is 14.3 Å². The number of carbonyl (C=O) groups is 4. The number of anilines is 1. The first kappa shape index (κ1) is 26.1. The third-order valence-corrected chi connectivity index (χ3v) is 6.73. The van der Waals surface area contributed by atoms with Crippen LogP contribution in [0.2, 0.25) is 0 Å². The zero-order valence-corrected chi connectivity index (χ0v) is 20.4. The molecule has 35 heavy (non-hydrogen) atoms. The van der Waals surface area contributed by atoms with Gasteiger partial charge in [-0.3, -0.25) is 14.4 Å². The lowest BCUT2D eigenvalue weighted by molar-refractivity contribution is -0.150. The molecule has 1 aromatic carbocycles. The minimum Gasteiger partial charge on any atom is -0.469 e. The summed E-state index contributed by atoms with van der Waals surface area (Å²) in [7, 11) is 1.31. The fourth-order valence-electron chi connectivity index (χ4n) is 3.53. The first-order valence-electron chi connectivity index (χ1n) is 10.9. The topological polar surface area (TPSA) is 141 Å². The summed E-state index contributed by atoms with van der Waals surface area (Å²) in [4.78, 5) is 54.3. The maximum atomic E-state index is 14.1. The Balaban J connectivity index is 1.53. The zero-order chi connectivity index (χ0) is 25.8. The van der Waals surface area contributed by atoms with Crippen molar-refractivity contribution in [2.45, 2.75) is 26.7 Å². The molecule has 1 saturated heterocycles. The smallest absolute Gasteiger partial charge is 0.355 e. The van der Waals surface area contributed by atoms with Gasteiger partial charge in [0.1, 0.15) is 4.88 Å². The van der Waals surface area contributed by atoms with E-state index in [0.717, 1.165) is 23.5 Å². The molecule has 10 nitrogen and oxygen atoms in total. The van der Waals surface area contributed by atoms with Crippen molar-refractivity contribution in [2.75, 3.05) is 31.6 Å². The van der Waals surface area contributed by atoms with E-state index in [1.54, 1.807) is 13.8 Å². The van der Waals surface area contributed by atoms with Gasteiger partial charge < -0.3 is 25.4 Å². The molecule has 2 heterocycles. The summed E-state index contributed by atoms with van der Waals surface area (Å²) < 4.78 is 24.0. The van der Waals surface area contributed by atoms with Crippen molar-refractivity contribution >= 4 is 40.2 Å². The van der Waals surface area contributed by atoms with Crippen LogP contribution in [0.3, 0.4) is 0 Å². The predicted octanol–water partition coefficient (Wildman–Crippen LogP) is 2.13. The molecular formula is C23H27FN4O6S. The molecule has 0 unspecified atom stereocenters. The molecule has 0 aliphatic carbocycles. The quantitative estimate of drug-likeness (QED) is 0.410. The Hall–Kier alpha value is -3.54. The molecule has 3 N–H and O–H groups in total. The Morgan fingerprint density at radius 3 is 2.54 bits per heavy atom. The van der Waals surface area contributed by atoms with Crippen molar-refractivity contribution in [3.8, 4) is 5.75 Å². The van der Waals surface area contributed by atoms with Gasteiger partial charge in [-0.2, -0.15) is 0 Å². The van der Waals surface area contributed by atoms with Crippen molar-refractivity contribution in [1.82, 2.24) is 10.3 Å². The number of rotatable bonds is 8. The number of methoxy groups -OCH3 is 1. The second-order valence-electron chi connectivity index (χ2n) is 8.76. The largest absolute Gasteiger partial charge is 0.469 e. The van der Waals surface area contributed by atoms with Gasteiger partial charge in [-0.1, -0.05) is 11.3 Å². The number of benzene rings is 1. The maximum absolute atomic E-state index is 14.1. The average molecular weight is 507 g/mol. The number of nitrogens with zero attached hydrogens (tertiary/aromatic N) is 2. The third kappa shape index (κ3) is 6.32. The Labute approximate surface area is 205 Å².